The third kappa shape index (κ3) is 2.97. The van der Waals surface area contributed by atoms with Crippen LogP contribution in [0.15, 0.2) is 28.9 Å². The number of pyridine rings is 1. The van der Waals surface area contributed by atoms with Gasteiger partial charge in [-0.1, -0.05) is 5.16 Å². The van der Waals surface area contributed by atoms with Crippen molar-refractivity contribution in [3.63, 3.8) is 0 Å². The average Bonchev–Trinajstić information content (AvgIpc) is 2.77. The molecule has 94 valence electrons. The number of hydrogen-bond donors (Lipinski definition) is 2. The Labute approximate surface area is 103 Å². The number of nitrogens with zero attached hydrogens (tertiary/aromatic N) is 2. The molecule has 0 spiro atoms. The van der Waals surface area contributed by atoms with Gasteiger partial charge >= 0.3 is 6.09 Å². The fourth-order valence-corrected chi connectivity index (χ4v) is 1.27. The third-order valence-corrected chi connectivity index (χ3v) is 2.08. The van der Waals surface area contributed by atoms with Gasteiger partial charge < -0.3 is 14.6 Å². The number of hydrogen-bond acceptors (Lipinski definition) is 6. The smallest absolute Gasteiger partial charge is 0.411 e. The van der Waals surface area contributed by atoms with E-state index in [0.29, 0.717) is 23.1 Å². The molecule has 0 saturated carbocycles. The number of amides is 1. The first-order chi connectivity index (χ1) is 8.67. The highest BCUT2D eigenvalue weighted by molar-refractivity contribution is 5.84. The van der Waals surface area contributed by atoms with Gasteiger partial charge in [-0.25, -0.2) is 9.78 Å². The summed E-state index contributed by atoms with van der Waals surface area (Å²) in [5.41, 5.74) is 0.545. The molecule has 1 amide bonds. The van der Waals surface area contributed by atoms with Crippen LogP contribution >= 0.6 is 0 Å². The van der Waals surface area contributed by atoms with Gasteiger partial charge in [0.2, 0.25) is 0 Å². The summed E-state index contributed by atoms with van der Waals surface area (Å²) in [6.07, 6.45) is 0.969. The zero-order valence-corrected chi connectivity index (χ0v) is 9.93. The van der Waals surface area contributed by atoms with Crippen molar-refractivity contribution in [2.24, 2.45) is 0 Å². The second-order valence-electron chi connectivity index (χ2n) is 3.50. The van der Waals surface area contributed by atoms with Gasteiger partial charge in [0.15, 0.2) is 5.82 Å². The lowest BCUT2D eigenvalue weighted by atomic mass is 10.4. The molecule has 0 aliphatic carbocycles. The predicted octanol–water partition coefficient (Wildman–Crippen LogP) is 2.30. The molecular formula is C11H12N4O3. The van der Waals surface area contributed by atoms with E-state index >= 15 is 0 Å². The number of carbonyl (C=O) groups is 1. The molecular weight excluding hydrogens is 236 g/mol. The Hall–Kier alpha value is -2.57. The van der Waals surface area contributed by atoms with Crippen molar-refractivity contribution in [3.8, 4) is 0 Å². The molecule has 0 fully saturated rings. The number of ether oxygens (including phenoxy) is 1. The van der Waals surface area contributed by atoms with Crippen LogP contribution in [-0.2, 0) is 4.74 Å². The maximum atomic E-state index is 11.0. The summed E-state index contributed by atoms with van der Waals surface area (Å²) in [4.78, 5) is 15.1. The first kappa shape index (κ1) is 11.9. The maximum absolute atomic E-state index is 11.0. The Morgan fingerprint density at radius 1 is 1.39 bits per heavy atom. The Morgan fingerprint density at radius 3 is 2.78 bits per heavy atom. The molecule has 0 radical (unpaired) electrons. The number of nitrogens with one attached hydrogen (secondary N) is 2. The van der Waals surface area contributed by atoms with Gasteiger partial charge in [-0.05, 0) is 19.1 Å². The van der Waals surface area contributed by atoms with E-state index in [1.54, 1.807) is 25.1 Å². The molecule has 0 bridgehead atoms. The highest BCUT2D eigenvalue weighted by Crippen LogP contribution is 2.15. The molecule has 0 atom stereocenters. The molecule has 0 aromatic carbocycles. The van der Waals surface area contributed by atoms with Crippen LogP contribution in [0, 0.1) is 6.92 Å². The molecule has 0 aliphatic heterocycles. The lowest BCUT2D eigenvalue weighted by molar-refractivity contribution is 0.187. The molecule has 2 aromatic rings. The summed E-state index contributed by atoms with van der Waals surface area (Å²) < 4.78 is 9.38. The number of aromatic nitrogens is 2. The van der Waals surface area contributed by atoms with Gasteiger partial charge in [-0.3, -0.25) is 5.32 Å². The molecule has 0 saturated heterocycles. The Kier molecular flexibility index (Phi) is 3.42. The lowest BCUT2D eigenvalue weighted by Gasteiger charge is -2.04. The number of methoxy groups -OCH3 is 1. The summed E-state index contributed by atoms with van der Waals surface area (Å²) in [6.45, 7) is 1.80. The van der Waals surface area contributed by atoms with E-state index in [0.717, 1.165) is 0 Å². The minimum Gasteiger partial charge on any atom is -0.453 e. The Morgan fingerprint density at radius 2 is 2.22 bits per heavy atom. The van der Waals surface area contributed by atoms with Crippen molar-refractivity contribution in [1.29, 1.82) is 0 Å². The number of aryl methyl sites for hydroxylation is 1. The van der Waals surface area contributed by atoms with E-state index in [-0.39, 0.29) is 0 Å². The summed E-state index contributed by atoms with van der Waals surface area (Å²) >= 11 is 0. The summed E-state index contributed by atoms with van der Waals surface area (Å²) in [6, 6.07) is 5.15. The monoisotopic (exact) mass is 248 g/mol. The quantitative estimate of drug-likeness (QED) is 0.866. The van der Waals surface area contributed by atoms with Crippen LogP contribution in [0.25, 0.3) is 0 Å². The van der Waals surface area contributed by atoms with Gasteiger partial charge in [0.05, 0.1) is 19.0 Å². The molecule has 7 heteroatoms. The zero-order chi connectivity index (χ0) is 13.0. The molecule has 0 unspecified atom stereocenters. The van der Waals surface area contributed by atoms with E-state index < -0.39 is 6.09 Å². The molecule has 2 heterocycles. The standard InChI is InChI=1S/C11H12N4O3/c1-7-5-10(15-18-7)14-9-4-3-8(6-12-9)13-11(16)17-2/h3-6H,1-2H3,(H,13,16)(H,12,14,15). The van der Waals surface area contributed by atoms with Gasteiger partial charge in [0, 0.05) is 6.07 Å². The van der Waals surface area contributed by atoms with Crippen molar-refractivity contribution in [1.82, 2.24) is 10.1 Å². The number of rotatable bonds is 3. The molecule has 2 aromatic heterocycles. The van der Waals surface area contributed by atoms with E-state index in [4.69, 9.17) is 4.52 Å². The first-order valence-corrected chi connectivity index (χ1v) is 5.19. The van der Waals surface area contributed by atoms with Crippen molar-refractivity contribution >= 4 is 23.4 Å². The SMILES string of the molecule is COC(=O)Nc1ccc(Nc2cc(C)on2)nc1. The van der Waals surface area contributed by atoms with Gasteiger partial charge in [0.1, 0.15) is 11.6 Å². The van der Waals surface area contributed by atoms with E-state index in [2.05, 4.69) is 25.5 Å². The van der Waals surface area contributed by atoms with Crippen molar-refractivity contribution in [3.05, 3.63) is 30.2 Å². The molecule has 7 nitrogen and oxygen atoms in total. The summed E-state index contributed by atoms with van der Waals surface area (Å²) in [7, 11) is 1.30. The predicted molar refractivity (Wildman–Crippen MR) is 64.8 cm³/mol. The van der Waals surface area contributed by atoms with Crippen molar-refractivity contribution in [2.75, 3.05) is 17.7 Å². The van der Waals surface area contributed by atoms with Gasteiger partial charge in [-0.2, -0.15) is 0 Å². The third-order valence-electron chi connectivity index (χ3n) is 2.08. The number of carbonyl (C=O) groups excluding carboxylic acids is 1. The molecule has 0 aliphatic rings. The lowest BCUT2D eigenvalue weighted by Crippen LogP contribution is -2.11. The largest absolute Gasteiger partial charge is 0.453 e. The summed E-state index contributed by atoms with van der Waals surface area (Å²) in [5, 5.41) is 9.24. The average molecular weight is 248 g/mol. The van der Waals surface area contributed by atoms with Crippen LogP contribution < -0.4 is 10.6 Å². The minimum atomic E-state index is -0.537. The summed E-state index contributed by atoms with van der Waals surface area (Å²) in [5.74, 6) is 1.88. The van der Waals surface area contributed by atoms with Crippen LogP contribution in [0.5, 0.6) is 0 Å². The zero-order valence-electron chi connectivity index (χ0n) is 9.93. The van der Waals surface area contributed by atoms with Crippen molar-refractivity contribution < 1.29 is 14.1 Å². The van der Waals surface area contributed by atoms with Crippen LogP contribution in [-0.4, -0.2) is 23.3 Å². The van der Waals surface area contributed by atoms with Crippen LogP contribution in [0.1, 0.15) is 5.76 Å². The van der Waals surface area contributed by atoms with Gasteiger partial charge in [-0.15, -0.1) is 0 Å². The Bertz CT molecular complexity index is 535. The normalized spacial score (nSPS) is 9.89. The van der Waals surface area contributed by atoms with Crippen LogP contribution in [0.2, 0.25) is 0 Å². The number of anilines is 3. The topological polar surface area (TPSA) is 89.3 Å². The molecule has 2 N–H and O–H groups in total. The van der Waals surface area contributed by atoms with E-state index in [1.165, 1.54) is 13.3 Å². The second-order valence-corrected chi connectivity index (χ2v) is 3.50. The fraction of sp³-hybridized carbons (Fsp3) is 0.182. The first-order valence-electron chi connectivity index (χ1n) is 5.19. The second kappa shape index (κ2) is 5.17. The van der Waals surface area contributed by atoms with Crippen LogP contribution in [0.3, 0.4) is 0 Å². The van der Waals surface area contributed by atoms with E-state index in [1.807, 2.05) is 0 Å². The molecule has 2 rings (SSSR count). The highest BCUT2D eigenvalue weighted by atomic mass is 16.5. The molecule has 18 heavy (non-hydrogen) atoms. The fourth-order valence-electron chi connectivity index (χ4n) is 1.27. The maximum Gasteiger partial charge on any atom is 0.411 e. The minimum absolute atomic E-state index is 0.537. The van der Waals surface area contributed by atoms with E-state index in [9.17, 15) is 4.79 Å². The Balaban J connectivity index is 2.01. The highest BCUT2D eigenvalue weighted by Gasteiger charge is 2.03. The van der Waals surface area contributed by atoms with Crippen molar-refractivity contribution in [2.45, 2.75) is 6.92 Å². The van der Waals surface area contributed by atoms with Gasteiger partial charge in [0.25, 0.3) is 0 Å². The van der Waals surface area contributed by atoms with Crippen LogP contribution in [0.4, 0.5) is 22.1 Å².